The molecule has 2 aromatic rings. The molecule has 22 heavy (non-hydrogen) atoms. The summed E-state index contributed by atoms with van der Waals surface area (Å²) in [5.41, 5.74) is 1.07. The second-order valence-electron chi connectivity index (χ2n) is 5.44. The maximum Gasteiger partial charge on any atom is 0.250 e. The largest absolute Gasteiger partial charge is 0.493 e. The van der Waals surface area contributed by atoms with E-state index in [1.807, 2.05) is 44.2 Å². The minimum atomic E-state index is -3.48. The lowest BCUT2D eigenvalue weighted by molar-refractivity contribution is 0.313. The first-order valence-electron chi connectivity index (χ1n) is 7.34. The number of nitrogens with one attached hydrogen (secondary N) is 1. The van der Waals surface area contributed by atoms with E-state index in [1.54, 1.807) is 6.07 Å². The summed E-state index contributed by atoms with van der Waals surface area (Å²) < 4.78 is 33.8. The monoisotopic (exact) mass is 337 g/mol. The summed E-state index contributed by atoms with van der Waals surface area (Å²) >= 11 is 1.33. The van der Waals surface area contributed by atoms with Crippen LogP contribution in [-0.4, -0.2) is 21.1 Å². The highest BCUT2D eigenvalue weighted by Gasteiger charge is 2.31. The third-order valence-electron chi connectivity index (χ3n) is 3.93. The molecule has 6 heteroatoms. The molecule has 1 N–H and O–H groups in total. The Labute approximate surface area is 135 Å². The normalized spacial score (nSPS) is 18.7. The number of hydrogen-bond acceptors (Lipinski definition) is 4. The van der Waals surface area contributed by atoms with E-state index in [2.05, 4.69) is 4.72 Å². The Hall–Kier alpha value is -1.37. The molecule has 3 rings (SSSR count). The summed E-state index contributed by atoms with van der Waals surface area (Å²) in [4.78, 5) is 1.07. The Kier molecular flexibility index (Phi) is 4.25. The van der Waals surface area contributed by atoms with Gasteiger partial charge in [0, 0.05) is 22.4 Å². The highest BCUT2D eigenvalue weighted by atomic mass is 32.2. The van der Waals surface area contributed by atoms with E-state index in [1.165, 1.54) is 11.3 Å². The van der Waals surface area contributed by atoms with Crippen LogP contribution in [0.1, 0.15) is 30.2 Å². The summed E-state index contributed by atoms with van der Waals surface area (Å²) in [5, 5.41) is 0. The van der Waals surface area contributed by atoms with Crippen LogP contribution in [0.4, 0.5) is 0 Å². The van der Waals surface area contributed by atoms with Gasteiger partial charge in [-0.05, 0) is 31.5 Å². The van der Waals surface area contributed by atoms with E-state index < -0.39 is 10.0 Å². The summed E-state index contributed by atoms with van der Waals surface area (Å²) in [6, 6.07) is 11.1. The summed E-state index contributed by atoms with van der Waals surface area (Å²) in [6.45, 7) is 4.42. The molecule has 1 aliphatic heterocycles. The van der Waals surface area contributed by atoms with Gasteiger partial charge in [-0.15, -0.1) is 11.3 Å². The molecule has 1 aromatic heterocycles. The topological polar surface area (TPSA) is 55.4 Å². The van der Waals surface area contributed by atoms with E-state index >= 15 is 0 Å². The van der Waals surface area contributed by atoms with Gasteiger partial charge < -0.3 is 4.74 Å². The van der Waals surface area contributed by atoms with Gasteiger partial charge in [0.1, 0.15) is 9.96 Å². The van der Waals surface area contributed by atoms with Gasteiger partial charge in [-0.2, -0.15) is 0 Å². The smallest absolute Gasteiger partial charge is 0.250 e. The number of hydrogen-bond donors (Lipinski definition) is 1. The standard InChI is InChI=1S/C16H19NO3S2/c1-3-12-8-9-16(21-12)22(18,19)17-11(2)14-10-20-15-7-5-4-6-13(14)15/h4-9,11,14,17H,3,10H2,1-2H3/t11-,14+/m1/s1. The number of para-hydroxylation sites is 1. The van der Waals surface area contributed by atoms with Crippen molar-refractivity contribution in [2.75, 3.05) is 6.61 Å². The van der Waals surface area contributed by atoms with Crippen LogP contribution in [0.5, 0.6) is 5.75 Å². The van der Waals surface area contributed by atoms with Crippen LogP contribution in [0.3, 0.4) is 0 Å². The Morgan fingerprint density at radius 1 is 1.32 bits per heavy atom. The maximum atomic E-state index is 12.5. The van der Waals surface area contributed by atoms with E-state index in [4.69, 9.17) is 4.74 Å². The number of thiophene rings is 1. The van der Waals surface area contributed by atoms with Crippen molar-refractivity contribution in [1.82, 2.24) is 4.72 Å². The Balaban J connectivity index is 1.78. The van der Waals surface area contributed by atoms with Gasteiger partial charge in [0.25, 0.3) is 0 Å². The molecule has 0 unspecified atom stereocenters. The van der Waals surface area contributed by atoms with Gasteiger partial charge in [-0.3, -0.25) is 0 Å². The minimum Gasteiger partial charge on any atom is -0.493 e. The Bertz CT molecular complexity index is 767. The zero-order valence-corrected chi connectivity index (χ0v) is 14.2. The van der Waals surface area contributed by atoms with Crippen molar-refractivity contribution in [2.45, 2.75) is 36.4 Å². The second-order valence-corrected chi connectivity index (χ2v) is 8.55. The number of rotatable bonds is 5. The Morgan fingerprint density at radius 2 is 2.09 bits per heavy atom. The summed E-state index contributed by atoms with van der Waals surface area (Å²) in [7, 11) is -3.48. The zero-order valence-electron chi connectivity index (χ0n) is 12.6. The second kappa shape index (κ2) is 6.02. The van der Waals surface area contributed by atoms with E-state index in [9.17, 15) is 8.42 Å². The fourth-order valence-electron chi connectivity index (χ4n) is 2.68. The van der Waals surface area contributed by atoms with Gasteiger partial charge in [-0.25, -0.2) is 13.1 Å². The van der Waals surface area contributed by atoms with Crippen LogP contribution in [0.2, 0.25) is 0 Å². The van der Waals surface area contributed by atoms with Gasteiger partial charge in [0.2, 0.25) is 10.0 Å². The Morgan fingerprint density at radius 3 is 2.82 bits per heavy atom. The first-order chi connectivity index (χ1) is 10.5. The predicted molar refractivity (Wildman–Crippen MR) is 88.2 cm³/mol. The molecule has 1 aromatic carbocycles. The van der Waals surface area contributed by atoms with E-state index in [0.717, 1.165) is 22.6 Å². The van der Waals surface area contributed by atoms with Gasteiger partial charge in [-0.1, -0.05) is 25.1 Å². The van der Waals surface area contributed by atoms with Crippen LogP contribution in [-0.2, 0) is 16.4 Å². The maximum absolute atomic E-state index is 12.5. The number of sulfonamides is 1. The molecule has 0 aliphatic carbocycles. The van der Waals surface area contributed by atoms with Crippen LogP contribution in [0.25, 0.3) is 0 Å². The van der Waals surface area contributed by atoms with Gasteiger partial charge >= 0.3 is 0 Å². The van der Waals surface area contributed by atoms with Gasteiger partial charge in [0.15, 0.2) is 0 Å². The van der Waals surface area contributed by atoms with Crippen molar-refractivity contribution in [2.24, 2.45) is 0 Å². The molecule has 0 radical (unpaired) electrons. The summed E-state index contributed by atoms with van der Waals surface area (Å²) in [5.74, 6) is 0.888. The van der Waals surface area contributed by atoms with Crippen molar-refractivity contribution in [1.29, 1.82) is 0 Å². The molecular formula is C16H19NO3S2. The van der Waals surface area contributed by atoms with Gasteiger partial charge in [0.05, 0.1) is 6.61 Å². The quantitative estimate of drug-likeness (QED) is 0.912. The average molecular weight is 337 g/mol. The molecule has 2 heterocycles. The highest BCUT2D eigenvalue weighted by Crippen LogP contribution is 2.36. The number of fused-ring (bicyclic) bond motifs is 1. The molecule has 0 amide bonds. The molecule has 0 fully saturated rings. The third-order valence-corrected chi connectivity index (χ3v) is 7.21. The molecule has 2 atom stereocenters. The van der Waals surface area contributed by atoms with Crippen molar-refractivity contribution < 1.29 is 13.2 Å². The van der Waals surface area contributed by atoms with E-state index in [-0.39, 0.29) is 12.0 Å². The predicted octanol–water partition coefficient (Wildman–Crippen LogP) is 3.15. The zero-order chi connectivity index (χ0) is 15.7. The lowest BCUT2D eigenvalue weighted by Gasteiger charge is -2.19. The molecule has 0 bridgehead atoms. The highest BCUT2D eigenvalue weighted by molar-refractivity contribution is 7.91. The lowest BCUT2D eigenvalue weighted by atomic mass is 9.95. The van der Waals surface area contributed by atoms with Crippen LogP contribution >= 0.6 is 11.3 Å². The average Bonchev–Trinajstić information content (AvgIpc) is 3.14. The molecule has 0 spiro atoms. The lowest BCUT2D eigenvalue weighted by Crippen LogP contribution is -2.37. The summed E-state index contributed by atoms with van der Waals surface area (Å²) in [6.07, 6.45) is 0.847. The molecule has 0 saturated heterocycles. The minimum absolute atomic E-state index is 0.0385. The first kappa shape index (κ1) is 15.5. The fraction of sp³-hybridized carbons (Fsp3) is 0.375. The van der Waals surface area contributed by atoms with Crippen molar-refractivity contribution >= 4 is 21.4 Å². The van der Waals surface area contributed by atoms with Crippen molar-refractivity contribution in [3.8, 4) is 5.75 Å². The molecular weight excluding hydrogens is 318 g/mol. The number of aryl methyl sites for hydroxylation is 1. The fourth-order valence-corrected chi connectivity index (χ4v) is 5.28. The van der Waals surface area contributed by atoms with Crippen LogP contribution in [0.15, 0.2) is 40.6 Å². The molecule has 1 aliphatic rings. The molecule has 0 saturated carbocycles. The molecule has 118 valence electrons. The van der Waals surface area contributed by atoms with Crippen LogP contribution < -0.4 is 9.46 Å². The molecule has 4 nitrogen and oxygen atoms in total. The van der Waals surface area contributed by atoms with Crippen LogP contribution in [0, 0.1) is 0 Å². The van der Waals surface area contributed by atoms with E-state index in [0.29, 0.717) is 10.8 Å². The first-order valence-corrected chi connectivity index (χ1v) is 9.64. The SMILES string of the molecule is CCc1ccc(S(=O)(=O)N[C@H](C)[C@@H]2COc3ccccc32)s1. The number of ether oxygens (including phenoxy) is 1. The van der Waals surface area contributed by atoms with Crippen molar-refractivity contribution in [3.05, 3.63) is 46.8 Å². The third kappa shape index (κ3) is 2.91. The number of benzene rings is 1. The van der Waals surface area contributed by atoms with Crippen molar-refractivity contribution in [3.63, 3.8) is 0 Å².